The molecule has 2 aromatic carbocycles. The number of carboxylic acids is 1. The molecule has 0 aliphatic carbocycles. The molecule has 0 aliphatic rings. The molecule has 0 aliphatic heterocycles. The second kappa shape index (κ2) is 6.74. The molecule has 0 radical (unpaired) electrons. The van der Waals surface area contributed by atoms with E-state index in [0.29, 0.717) is 5.75 Å². The Morgan fingerprint density at radius 3 is 2.50 bits per heavy atom. The maximum atomic E-state index is 10.4. The number of rotatable bonds is 5. The fourth-order valence-electron chi connectivity index (χ4n) is 1.66. The van der Waals surface area contributed by atoms with Gasteiger partial charge in [0.05, 0.1) is 0 Å². The molecule has 3 nitrogen and oxygen atoms in total. The van der Waals surface area contributed by atoms with Gasteiger partial charge in [-0.05, 0) is 0 Å². The number of aryl methyl sites for hydroxylation is 2. The summed E-state index contributed by atoms with van der Waals surface area (Å²) in [5.41, 5.74) is 2.61. The van der Waals surface area contributed by atoms with E-state index >= 15 is 0 Å². The van der Waals surface area contributed by atoms with E-state index in [-0.39, 0.29) is 27.8 Å². The third kappa shape index (κ3) is 4.23. The monoisotopic (exact) mass is 383 g/mol. The van der Waals surface area contributed by atoms with Crippen LogP contribution in [0.2, 0.25) is 0 Å². The van der Waals surface area contributed by atoms with Crippen LogP contribution in [0.3, 0.4) is 0 Å². The van der Waals surface area contributed by atoms with Crippen molar-refractivity contribution >= 4 is 5.97 Å². The molecule has 20 heavy (non-hydrogen) atoms. The van der Waals surface area contributed by atoms with Crippen molar-refractivity contribution in [2.75, 3.05) is 6.61 Å². The number of carboxylic acid groups (broad SMARTS) is 1. The summed E-state index contributed by atoms with van der Waals surface area (Å²) in [4.78, 5) is 10.4. The van der Waals surface area contributed by atoms with Crippen LogP contribution in [-0.4, -0.2) is 17.7 Å². The predicted molar refractivity (Wildman–Crippen MR) is 72.9 cm³/mol. The Bertz CT molecular complexity index is 606. The van der Waals surface area contributed by atoms with E-state index in [9.17, 15) is 4.79 Å². The van der Waals surface area contributed by atoms with Gasteiger partial charge in [-0.25, -0.2) is 0 Å². The summed E-state index contributed by atoms with van der Waals surface area (Å²) in [6.45, 7) is 3.94. The zero-order chi connectivity index (χ0) is 14.5. The second-order valence-corrected chi connectivity index (χ2v) is 7.43. The molecular weight excluding hydrogens is 367 g/mol. The first-order valence-electron chi connectivity index (χ1n) is 6.21. The van der Waals surface area contributed by atoms with Crippen LogP contribution in [-0.2, 0) is 4.79 Å². The van der Waals surface area contributed by atoms with Gasteiger partial charge in [-0.1, -0.05) is 0 Å². The van der Waals surface area contributed by atoms with Crippen LogP contribution in [0, 0.1) is 21.0 Å². The fourth-order valence-corrected chi connectivity index (χ4v) is 4.30. The molecule has 0 saturated carbocycles. The molecule has 4 heteroatoms. The van der Waals surface area contributed by atoms with Crippen LogP contribution in [0.15, 0.2) is 42.5 Å². The summed E-state index contributed by atoms with van der Waals surface area (Å²) < 4.78 is 7.84. The number of hydrogen-bond acceptors (Lipinski definition) is 2. The van der Waals surface area contributed by atoms with Crippen LogP contribution in [0.5, 0.6) is 5.75 Å². The summed E-state index contributed by atoms with van der Waals surface area (Å²) in [7, 11) is 0. The van der Waals surface area contributed by atoms with Crippen LogP contribution in [0.4, 0.5) is 0 Å². The molecule has 0 amide bonds. The number of benzene rings is 2. The summed E-state index contributed by atoms with van der Waals surface area (Å²) in [5.74, 6) is -0.363. The molecule has 0 atom stereocenters. The van der Waals surface area contributed by atoms with E-state index < -0.39 is 5.97 Å². The number of halogens is 1. The van der Waals surface area contributed by atoms with E-state index in [1.54, 1.807) is 0 Å². The Hall–Kier alpha value is -1.56. The van der Waals surface area contributed by atoms with Gasteiger partial charge >= 0.3 is 129 Å². The molecule has 0 aromatic heterocycles. The normalized spacial score (nSPS) is 10.5. The van der Waals surface area contributed by atoms with Crippen molar-refractivity contribution in [3.63, 3.8) is 0 Å². The quantitative estimate of drug-likeness (QED) is 0.734. The first kappa shape index (κ1) is 14.8. The molecule has 0 bridgehead atoms. The SMILES string of the molecule is Cc1ccc(C)c([I-]c2ccc(OCC(=O)O)cc2)c1. The minimum absolute atomic E-state index is 0.217. The van der Waals surface area contributed by atoms with Crippen molar-refractivity contribution in [2.45, 2.75) is 13.8 Å². The van der Waals surface area contributed by atoms with Crippen LogP contribution in [0.1, 0.15) is 11.1 Å². The van der Waals surface area contributed by atoms with Gasteiger partial charge in [0.1, 0.15) is 0 Å². The Balaban J connectivity index is 2.06. The molecule has 106 valence electrons. The van der Waals surface area contributed by atoms with Gasteiger partial charge in [0.25, 0.3) is 0 Å². The summed E-state index contributed by atoms with van der Waals surface area (Å²) in [5, 5.41) is 8.56. The Labute approximate surface area is 128 Å². The third-order valence-electron chi connectivity index (χ3n) is 2.71. The van der Waals surface area contributed by atoms with Crippen molar-refractivity contribution in [3.05, 3.63) is 60.7 Å². The van der Waals surface area contributed by atoms with E-state index in [1.165, 1.54) is 18.3 Å². The molecule has 0 fully saturated rings. The van der Waals surface area contributed by atoms with Gasteiger partial charge in [0.2, 0.25) is 0 Å². The second-order valence-electron chi connectivity index (χ2n) is 4.48. The van der Waals surface area contributed by atoms with Crippen molar-refractivity contribution < 1.29 is 35.8 Å². The molecule has 1 N–H and O–H groups in total. The Morgan fingerprint density at radius 1 is 1.15 bits per heavy atom. The number of hydrogen-bond donors (Lipinski definition) is 1. The number of carbonyl (C=O) groups is 1. The van der Waals surface area contributed by atoms with Gasteiger partial charge in [-0.15, -0.1) is 0 Å². The van der Waals surface area contributed by atoms with Gasteiger partial charge in [0.15, 0.2) is 0 Å². The van der Waals surface area contributed by atoms with Gasteiger partial charge in [-0.3, -0.25) is 0 Å². The Morgan fingerprint density at radius 2 is 1.85 bits per heavy atom. The van der Waals surface area contributed by atoms with E-state index in [0.717, 1.165) is 0 Å². The molecule has 0 heterocycles. The predicted octanol–water partition coefficient (Wildman–Crippen LogP) is -0.105. The van der Waals surface area contributed by atoms with Crippen LogP contribution in [0.25, 0.3) is 0 Å². The number of aliphatic carboxylic acids is 1. The van der Waals surface area contributed by atoms with Crippen molar-refractivity contribution in [3.8, 4) is 5.75 Å². The zero-order valence-corrected chi connectivity index (χ0v) is 13.5. The summed E-state index contributed by atoms with van der Waals surface area (Å²) in [6.07, 6.45) is 0. The molecule has 0 saturated heterocycles. The summed E-state index contributed by atoms with van der Waals surface area (Å²) in [6, 6.07) is 14.3. The zero-order valence-electron chi connectivity index (χ0n) is 11.4. The summed E-state index contributed by atoms with van der Waals surface area (Å²) >= 11 is -0.217. The van der Waals surface area contributed by atoms with Crippen molar-refractivity contribution in [1.29, 1.82) is 0 Å². The molecule has 0 unspecified atom stereocenters. The van der Waals surface area contributed by atoms with Gasteiger partial charge < -0.3 is 0 Å². The van der Waals surface area contributed by atoms with Gasteiger partial charge in [0, 0.05) is 0 Å². The molecule has 0 spiro atoms. The minimum atomic E-state index is -0.961. The fraction of sp³-hybridized carbons (Fsp3) is 0.188. The average molecular weight is 383 g/mol. The van der Waals surface area contributed by atoms with Crippen LogP contribution < -0.4 is 25.9 Å². The van der Waals surface area contributed by atoms with E-state index in [2.05, 4.69) is 32.0 Å². The van der Waals surface area contributed by atoms with Crippen molar-refractivity contribution in [2.24, 2.45) is 0 Å². The standard InChI is InChI=1S/C16H16IO3/c1-11-3-4-12(2)15(9-11)17-13-5-7-14(8-6-13)20-10-16(18)19/h3-9H,10H2,1-2H3,(H,18,19)/q-1. The van der Waals surface area contributed by atoms with Crippen molar-refractivity contribution in [1.82, 2.24) is 0 Å². The molecular formula is C16H16IO3-. The molecule has 2 rings (SSSR count). The topological polar surface area (TPSA) is 46.5 Å². The van der Waals surface area contributed by atoms with Crippen LogP contribution >= 0.6 is 0 Å². The van der Waals surface area contributed by atoms with E-state index in [1.807, 2.05) is 24.3 Å². The maximum absolute atomic E-state index is 10.4. The first-order valence-corrected chi connectivity index (χ1v) is 8.37. The molecule has 2 aromatic rings. The van der Waals surface area contributed by atoms with E-state index in [4.69, 9.17) is 9.84 Å². The average Bonchev–Trinajstić information content (AvgIpc) is 2.42. The third-order valence-corrected chi connectivity index (χ3v) is 5.80. The van der Waals surface area contributed by atoms with Gasteiger partial charge in [-0.2, -0.15) is 0 Å². The Kier molecular flexibility index (Phi) is 5.00. The number of ether oxygens (including phenoxy) is 1. The first-order chi connectivity index (χ1) is 9.54.